The van der Waals surface area contributed by atoms with Crippen molar-refractivity contribution in [2.24, 2.45) is 11.8 Å². The summed E-state index contributed by atoms with van der Waals surface area (Å²) in [5.74, 6) is -1.59. The third-order valence-electron chi connectivity index (χ3n) is 4.08. The Balaban J connectivity index is 2.00. The molecule has 1 unspecified atom stereocenters. The SMILES string of the molecule is CC1CS(=O)(=O)CCN1C(=O)[C@@H]1CC[C@H](C(=O)O)C1. The van der Waals surface area contributed by atoms with Crippen molar-refractivity contribution in [1.29, 1.82) is 0 Å². The van der Waals surface area contributed by atoms with Crippen molar-refractivity contribution in [2.75, 3.05) is 18.1 Å². The normalized spacial score (nSPS) is 34.2. The number of carbonyl (C=O) groups is 2. The lowest BCUT2D eigenvalue weighted by atomic mass is 10.0. The molecule has 2 rings (SSSR count). The van der Waals surface area contributed by atoms with Gasteiger partial charge in [0.05, 0.1) is 17.4 Å². The van der Waals surface area contributed by atoms with Gasteiger partial charge in [-0.25, -0.2) is 8.42 Å². The van der Waals surface area contributed by atoms with E-state index in [-0.39, 0.29) is 35.9 Å². The zero-order valence-corrected chi connectivity index (χ0v) is 11.7. The summed E-state index contributed by atoms with van der Waals surface area (Å²) in [7, 11) is -3.03. The van der Waals surface area contributed by atoms with E-state index in [1.54, 1.807) is 11.8 Å². The number of carboxylic acid groups (broad SMARTS) is 1. The summed E-state index contributed by atoms with van der Waals surface area (Å²) in [5.41, 5.74) is 0. The van der Waals surface area contributed by atoms with E-state index in [0.717, 1.165) is 0 Å². The van der Waals surface area contributed by atoms with Gasteiger partial charge < -0.3 is 10.0 Å². The molecular formula is C12H19NO5S. The van der Waals surface area contributed by atoms with Gasteiger partial charge in [-0.05, 0) is 26.2 Å². The zero-order chi connectivity index (χ0) is 14.2. The summed E-state index contributed by atoms with van der Waals surface area (Å²) in [6.07, 6.45) is 1.50. The fourth-order valence-electron chi connectivity index (χ4n) is 2.99. The van der Waals surface area contributed by atoms with Gasteiger partial charge >= 0.3 is 5.97 Å². The molecule has 0 aromatic heterocycles. The molecule has 1 amide bonds. The highest BCUT2D eigenvalue weighted by Gasteiger charge is 2.39. The smallest absolute Gasteiger partial charge is 0.306 e. The van der Waals surface area contributed by atoms with Crippen molar-refractivity contribution in [3.63, 3.8) is 0 Å². The number of hydrogen-bond acceptors (Lipinski definition) is 4. The molecule has 7 heteroatoms. The molecule has 0 radical (unpaired) electrons. The Labute approximate surface area is 112 Å². The maximum atomic E-state index is 12.3. The highest BCUT2D eigenvalue weighted by molar-refractivity contribution is 7.91. The number of hydrogen-bond donors (Lipinski definition) is 1. The van der Waals surface area contributed by atoms with E-state index >= 15 is 0 Å². The second kappa shape index (κ2) is 5.11. The quantitative estimate of drug-likeness (QED) is 0.780. The lowest BCUT2D eigenvalue weighted by Crippen LogP contribution is -2.51. The molecular weight excluding hydrogens is 270 g/mol. The number of carboxylic acids is 1. The maximum absolute atomic E-state index is 12.3. The van der Waals surface area contributed by atoms with Crippen molar-refractivity contribution in [3.8, 4) is 0 Å². The Kier molecular flexibility index (Phi) is 3.85. The Hall–Kier alpha value is -1.11. The fraction of sp³-hybridized carbons (Fsp3) is 0.833. The predicted molar refractivity (Wildman–Crippen MR) is 68.3 cm³/mol. The number of sulfone groups is 1. The highest BCUT2D eigenvalue weighted by atomic mass is 32.2. The van der Waals surface area contributed by atoms with Gasteiger partial charge in [-0.1, -0.05) is 0 Å². The van der Waals surface area contributed by atoms with E-state index in [9.17, 15) is 18.0 Å². The summed E-state index contributed by atoms with van der Waals surface area (Å²) >= 11 is 0. The molecule has 1 N–H and O–H groups in total. The van der Waals surface area contributed by atoms with Gasteiger partial charge in [0.15, 0.2) is 9.84 Å². The second-order valence-electron chi connectivity index (χ2n) is 5.54. The van der Waals surface area contributed by atoms with Crippen LogP contribution in [0.3, 0.4) is 0 Å². The minimum atomic E-state index is -3.03. The standard InChI is InChI=1S/C12H19NO5S/c1-8-7-19(17,18)5-4-13(8)11(14)9-2-3-10(6-9)12(15)16/h8-10H,2-7H2,1H3,(H,15,16)/t8?,9-,10+/m1/s1. The number of carbonyl (C=O) groups excluding carboxylic acids is 1. The van der Waals surface area contributed by atoms with Crippen LogP contribution in [0.5, 0.6) is 0 Å². The molecule has 6 nitrogen and oxygen atoms in total. The number of amides is 1. The highest BCUT2D eigenvalue weighted by Crippen LogP contribution is 2.33. The van der Waals surface area contributed by atoms with Crippen molar-refractivity contribution in [3.05, 3.63) is 0 Å². The van der Waals surface area contributed by atoms with Gasteiger partial charge in [0, 0.05) is 18.5 Å². The number of aliphatic carboxylic acids is 1. The topological polar surface area (TPSA) is 91.8 Å². The zero-order valence-electron chi connectivity index (χ0n) is 10.9. The molecule has 108 valence electrons. The van der Waals surface area contributed by atoms with Crippen LogP contribution in [0.1, 0.15) is 26.2 Å². The van der Waals surface area contributed by atoms with Crippen LogP contribution in [0.4, 0.5) is 0 Å². The van der Waals surface area contributed by atoms with E-state index in [0.29, 0.717) is 19.3 Å². The summed E-state index contributed by atoms with van der Waals surface area (Å²) in [4.78, 5) is 24.8. The third kappa shape index (κ3) is 3.08. The Morgan fingerprint density at radius 2 is 1.84 bits per heavy atom. The summed E-state index contributed by atoms with van der Waals surface area (Å²) in [5, 5.41) is 8.94. The maximum Gasteiger partial charge on any atom is 0.306 e. The summed E-state index contributed by atoms with van der Waals surface area (Å²) < 4.78 is 23.0. The molecule has 1 saturated carbocycles. The van der Waals surface area contributed by atoms with Gasteiger partial charge in [-0.15, -0.1) is 0 Å². The molecule has 2 fully saturated rings. The van der Waals surface area contributed by atoms with Crippen molar-refractivity contribution in [1.82, 2.24) is 4.90 Å². The van der Waals surface area contributed by atoms with Gasteiger partial charge in [0.2, 0.25) is 5.91 Å². The first-order valence-corrected chi connectivity index (χ1v) is 8.36. The molecule has 19 heavy (non-hydrogen) atoms. The lowest BCUT2D eigenvalue weighted by Gasteiger charge is -2.35. The third-order valence-corrected chi connectivity index (χ3v) is 5.88. The molecule has 0 aromatic carbocycles. The summed E-state index contributed by atoms with van der Waals surface area (Å²) in [6, 6.07) is -0.310. The average molecular weight is 289 g/mol. The molecule has 1 aliphatic carbocycles. The van der Waals surface area contributed by atoms with Gasteiger partial charge in [-0.3, -0.25) is 9.59 Å². The van der Waals surface area contributed by atoms with E-state index in [1.165, 1.54) is 0 Å². The van der Waals surface area contributed by atoms with Gasteiger partial charge in [-0.2, -0.15) is 0 Å². The van der Waals surface area contributed by atoms with Crippen molar-refractivity contribution in [2.45, 2.75) is 32.2 Å². The minimum absolute atomic E-state index is 0.00776. The molecule has 0 spiro atoms. The molecule has 3 atom stereocenters. The van der Waals surface area contributed by atoms with Crippen LogP contribution < -0.4 is 0 Å². The lowest BCUT2D eigenvalue weighted by molar-refractivity contribution is -0.141. The van der Waals surface area contributed by atoms with Crippen LogP contribution >= 0.6 is 0 Å². The average Bonchev–Trinajstić information content (AvgIpc) is 2.76. The van der Waals surface area contributed by atoms with Crippen LogP contribution in [0, 0.1) is 11.8 Å². The molecule has 1 aliphatic heterocycles. The first-order chi connectivity index (χ1) is 8.80. The van der Waals surface area contributed by atoms with Crippen LogP contribution in [-0.2, 0) is 19.4 Å². The first kappa shape index (κ1) is 14.3. The Morgan fingerprint density at radius 3 is 2.37 bits per heavy atom. The number of rotatable bonds is 2. The molecule has 0 aromatic rings. The Bertz CT molecular complexity index is 486. The van der Waals surface area contributed by atoms with Crippen LogP contribution in [0.15, 0.2) is 0 Å². The van der Waals surface area contributed by atoms with E-state index in [1.807, 2.05) is 0 Å². The van der Waals surface area contributed by atoms with Crippen LogP contribution in [-0.4, -0.2) is 54.4 Å². The number of nitrogens with zero attached hydrogens (tertiary/aromatic N) is 1. The van der Waals surface area contributed by atoms with E-state index < -0.39 is 21.7 Å². The monoisotopic (exact) mass is 289 g/mol. The van der Waals surface area contributed by atoms with Crippen molar-refractivity contribution >= 4 is 21.7 Å². The second-order valence-corrected chi connectivity index (χ2v) is 7.77. The van der Waals surface area contributed by atoms with Gasteiger partial charge in [0.25, 0.3) is 0 Å². The molecule has 2 aliphatic rings. The molecule has 1 saturated heterocycles. The summed E-state index contributed by atoms with van der Waals surface area (Å²) in [6.45, 7) is 1.97. The van der Waals surface area contributed by atoms with Crippen molar-refractivity contribution < 1.29 is 23.1 Å². The molecule has 0 bridgehead atoms. The van der Waals surface area contributed by atoms with Gasteiger partial charge in [0.1, 0.15) is 0 Å². The minimum Gasteiger partial charge on any atom is -0.481 e. The van der Waals surface area contributed by atoms with E-state index in [4.69, 9.17) is 5.11 Å². The first-order valence-electron chi connectivity index (χ1n) is 6.54. The van der Waals surface area contributed by atoms with Crippen LogP contribution in [0.25, 0.3) is 0 Å². The predicted octanol–water partition coefficient (Wildman–Crippen LogP) is 0.133. The largest absolute Gasteiger partial charge is 0.481 e. The Morgan fingerprint density at radius 1 is 1.21 bits per heavy atom. The van der Waals surface area contributed by atoms with E-state index in [2.05, 4.69) is 0 Å². The molecule has 1 heterocycles. The van der Waals surface area contributed by atoms with Crippen LogP contribution in [0.2, 0.25) is 0 Å². The fourth-order valence-corrected chi connectivity index (χ4v) is 4.55.